The van der Waals surface area contributed by atoms with Gasteiger partial charge in [0.05, 0.1) is 30.5 Å². The van der Waals surface area contributed by atoms with Crippen molar-refractivity contribution >= 4 is 17.4 Å². The lowest BCUT2D eigenvalue weighted by Gasteiger charge is -2.28. The van der Waals surface area contributed by atoms with Crippen LogP contribution in [0.1, 0.15) is 27.9 Å². The normalized spacial score (nSPS) is 11.4. The molecule has 0 aliphatic carbocycles. The maximum atomic E-state index is 13.5. The highest BCUT2D eigenvalue weighted by Crippen LogP contribution is 2.41. The summed E-state index contributed by atoms with van der Waals surface area (Å²) in [6, 6.07) is 15.0. The molecule has 0 radical (unpaired) electrons. The number of nitrogens with zero attached hydrogens (tertiary/aromatic N) is 2. The smallest absolute Gasteiger partial charge is 0.419 e. The summed E-state index contributed by atoms with van der Waals surface area (Å²) in [5, 5.41) is -0.325. The molecule has 0 amide bonds. The molecule has 2 aromatic carbocycles. The summed E-state index contributed by atoms with van der Waals surface area (Å²) in [7, 11) is 3.18. The average molecular weight is 465 g/mol. The molecular weight excluding hydrogens is 441 g/mol. The number of rotatable bonds is 7. The molecule has 8 heteroatoms. The third-order valence-corrected chi connectivity index (χ3v) is 5.64. The van der Waals surface area contributed by atoms with Crippen molar-refractivity contribution in [3.63, 3.8) is 0 Å². The molecule has 170 valence electrons. The van der Waals surface area contributed by atoms with Gasteiger partial charge in [0.2, 0.25) is 0 Å². The highest BCUT2D eigenvalue weighted by molar-refractivity contribution is 6.32. The quantitative estimate of drug-likeness (QED) is 0.395. The Balaban J connectivity index is 2.04. The minimum atomic E-state index is -4.58. The maximum absolute atomic E-state index is 13.5. The van der Waals surface area contributed by atoms with Crippen molar-refractivity contribution in [2.45, 2.75) is 33.1 Å². The number of halogens is 4. The van der Waals surface area contributed by atoms with Crippen LogP contribution in [0.2, 0.25) is 5.02 Å². The summed E-state index contributed by atoms with van der Waals surface area (Å²) in [6.45, 7) is 3.74. The average Bonchev–Trinajstić information content (AvgIpc) is 2.76. The number of aryl methyl sites for hydroxylation is 1. The van der Waals surface area contributed by atoms with Gasteiger partial charge in [0.25, 0.3) is 0 Å². The van der Waals surface area contributed by atoms with E-state index in [0.29, 0.717) is 18.9 Å². The molecule has 0 bridgehead atoms. The lowest BCUT2D eigenvalue weighted by Crippen LogP contribution is -2.25. The summed E-state index contributed by atoms with van der Waals surface area (Å²) >= 11 is 6.20. The van der Waals surface area contributed by atoms with Crippen molar-refractivity contribution in [1.29, 1.82) is 0 Å². The van der Waals surface area contributed by atoms with E-state index in [2.05, 4.69) is 4.98 Å². The Bertz CT molecular complexity index is 1020. The second-order valence-corrected chi connectivity index (χ2v) is 7.76. The Kier molecular flexibility index (Phi) is 7.19. The molecule has 3 rings (SSSR count). The lowest BCUT2D eigenvalue weighted by molar-refractivity contribution is -0.138. The fourth-order valence-electron chi connectivity index (χ4n) is 3.49. The van der Waals surface area contributed by atoms with Gasteiger partial charge in [-0.25, -0.2) is 4.98 Å². The molecule has 1 heterocycles. The van der Waals surface area contributed by atoms with E-state index in [1.807, 2.05) is 53.4 Å². The van der Waals surface area contributed by atoms with E-state index >= 15 is 0 Å². The number of pyridine rings is 1. The van der Waals surface area contributed by atoms with Crippen LogP contribution < -0.4 is 14.4 Å². The van der Waals surface area contributed by atoms with Gasteiger partial charge >= 0.3 is 6.18 Å². The Labute approximate surface area is 190 Å². The molecule has 0 unspecified atom stereocenters. The van der Waals surface area contributed by atoms with Crippen molar-refractivity contribution < 1.29 is 22.6 Å². The molecule has 0 N–H and O–H groups in total. The highest BCUT2D eigenvalue weighted by atomic mass is 35.5. The number of anilines is 1. The second kappa shape index (κ2) is 9.69. The molecule has 0 saturated heterocycles. The van der Waals surface area contributed by atoms with Gasteiger partial charge in [-0.2, -0.15) is 13.2 Å². The van der Waals surface area contributed by atoms with Crippen LogP contribution in [0, 0.1) is 13.8 Å². The summed E-state index contributed by atoms with van der Waals surface area (Å²) in [5.74, 6) is 1.85. The van der Waals surface area contributed by atoms with Gasteiger partial charge < -0.3 is 14.4 Å². The fourth-order valence-corrected chi connectivity index (χ4v) is 3.82. The van der Waals surface area contributed by atoms with E-state index in [1.165, 1.54) is 6.92 Å². The standard InChI is InChI=1S/C24H24ClF3N2O2/c1-15-22(25)21(24(26,27)28)16(2)29-23(15)30(13-17-5-9-19(31-3)10-6-17)14-18-7-11-20(32-4)12-8-18/h5-12H,13-14H2,1-4H3. The number of hydrogen-bond donors (Lipinski definition) is 0. The minimum absolute atomic E-state index is 0.155. The SMILES string of the molecule is COc1ccc(CN(Cc2ccc(OC)cc2)c2nc(C)c(C(F)(F)F)c(Cl)c2C)cc1. The van der Waals surface area contributed by atoms with E-state index in [4.69, 9.17) is 21.1 Å². The molecule has 0 aliphatic heterocycles. The largest absolute Gasteiger partial charge is 0.497 e. The molecule has 4 nitrogen and oxygen atoms in total. The third-order valence-electron chi connectivity index (χ3n) is 5.17. The molecule has 0 atom stereocenters. The van der Waals surface area contributed by atoms with Crippen LogP contribution in [0.4, 0.5) is 19.0 Å². The minimum Gasteiger partial charge on any atom is -0.497 e. The van der Waals surface area contributed by atoms with Crippen LogP contribution in [0.5, 0.6) is 11.5 Å². The van der Waals surface area contributed by atoms with Crippen LogP contribution in [-0.2, 0) is 19.3 Å². The number of methoxy groups -OCH3 is 2. The van der Waals surface area contributed by atoms with Gasteiger partial charge in [-0.15, -0.1) is 0 Å². The van der Waals surface area contributed by atoms with Crippen LogP contribution >= 0.6 is 11.6 Å². The molecule has 32 heavy (non-hydrogen) atoms. The van der Waals surface area contributed by atoms with Crippen LogP contribution in [-0.4, -0.2) is 19.2 Å². The van der Waals surface area contributed by atoms with Crippen LogP contribution in [0.15, 0.2) is 48.5 Å². The van der Waals surface area contributed by atoms with E-state index in [0.717, 1.165) is 22.6 Å². The predicted octanol–water partition coefficient (Wildman–Crippen LogP) is 6.59. The number of hydrogen-bond acceptors (Lipinski definition) is 4. The highest BCUT2D eigenvalue weighted by Gasteiger charge is 2.37. The van der Waals surface area contributed by atoms with Crippen molar-refractivity contribution in [2.24, 2.45) is 0 Å². The monoisotopic (exact) mass is 464 g/mol. The van der Waals surface area contributed by atoms with E-state index in [1.54, 1.807) is 21.1 Å². The first-order chi connectivity index (χ1) is 15.1. The predicted molar refractivity (Wildman–Crippen MR) is 120 cm³/mol. The van der Waals surface area contributed by atoms with Crippen LogP contribution in [0.3, 0.4) is 0 Å². The van der Waals surface area contributed by atoms with Crippen molar-refractivity contribution in [3.8, 4) is 11.5 Å². The molecular formula is C24H24ClF3N2O2. The number of aromatic nitrogens is 1. The van der Waals surface area contributed by atoms with Gasteiger partial charge in [-0.05, 0) is 49.2 Å². The maximum Gasteiger partial charge on any atom is 0.419 e. The first-order valence-electron chi connectivity index (χ1n) is 9.88. The molecule has 0 spiro atoms. The van der Waals surface area contributed by atoms with E-state index in [-0.39, 0.29) is 16.3 Å². The zero-order valence-corrected chi connectivity index (χ0v) is 19.0. The summed E-state index contributed by atoms with van der Waals surface area (Å²) in [4.78, 5) is 6.25. The van der Waals surface area contributed by atoms with E-state index in [9.17, 15) is 13.2 Å². The van der Waals surface area contributed by atoms with E-state index < -0.39 is 11.7 Å². The summed E-state index contributed by atoms with van der Waals surface area (Å²) in [6.07, 6.45) is -4.58. The van der Waals surface area contributed by atoms with Gasteiger partial charge in [-0.3, -0.25) is 0 Å². The Morgan fingerprint density at radius 1 is 0.844 bits per heavy atom. The zero-order valence-electron chi connectivity index (χ0n) is 18.3. The molecule has 0 fully saturated rings. The van der Waals surface area contributed by atoms with Gasteiger partial charge in [0.1, 0.15) is 17.3 Å². The Hall–Kier alpha value is -2.93. The third kappa shape index (κ3) is 5.27. The number of benzene rings is 2. The topological polar surface area (TPSA) is 34.6 Å². The molecule has 0 aliphatic rings. The molecule has 3 aromatic rings. The van der Waals surface area contributed by atoms with Crippen molar-refractivity contribution in [2.75, 3.05) is 19.1 Å². The van der Waals surface area contributed by atoms with Gasteiger partial charge in [0, 0.05) is 18.7 Å². The van der Waals surface area contributed by atoms with Gasteiger partial charge in [-0.1, -0.05) is 35.9 Å². The first-order valence-corrected chi connectivity index (χ1v) is 10.3. The lowest BCUT2D eigenvalue weighted by atomic mass is 10.1. The van der Waals surface area contributed by atoms with Crippen LogP contribution in [0.25, 0.3) is 0 Å². The zero-order chi connectivity index (χ0) is 23.5. The summed E-state index contributed by atoms with van der Waals surface area (Å²) < 4.78 is 50.9. The summed E-state index contributed by atoms with van der Waals surface area (Å²) in [5.41, 5.74) is 1.14. The molecule has 0 saturated carbocycles. The fraction of sp³-hybridized carbons (Fsp3) is 0.292. The Morgan fingerprint density at radius 2 is 1.28 bits per heavy atom. The number of alkyl halides is 3. The molecule has 1 aromatic heterocycles. The van der Waals surface area contributed by atoms with Crippen molar-refractivity contribution in [3.05, 3.63) is 81.5 Å². The first kappa shape index (κ1) is 23.7. The van der Waals surface area contributed by atoms with Crippen molar-refractivity contribution in [1.82, 2.24) is 4.98 Å². The Morgan fingerprint density at radius 3 is 1.66 bits per heavy atom. The van der Waals surface area contributed by atoms with Gasteiger partial charge in [0.15, 0.2) is 0 Å². The second-order valence-electron chi connectivity index (χ2n) is 7.38. The number of ether oxygens (including phenoxy) is 2.